The summed E-state index contributed by atoms with van der Waals surface area (Å²) in [4.78, 5) is 40.5. The van der Waals surface area contributed by atoms with Gasteiger partial charge in [0.1, 0.15) is 6.04 Å². The molecule has 7 nitrogen and oxygen atoms in total. The molecule has 3 aromatic carbocycles. The number of nitrogens with one attached hydrogen (secondary N) is 2. The first-order valence-electron chi connectivity index (χ1n) is 14.6. The molecule has 0 radical (unpaired) electrons. The number of carbonyl (C=O) groups is 3. The predicted molar refractivity (Wildman–Crippen MR) is 160 cm³/mol. The molecule has 2 fully saturated rings. The number of carboxylic acids is 1. The summed E-state index contributed by atoms with van der Waals surface area (Å²) in [5.41, 5.74) is 1.67. The van der Waals surface area contributed by atoms with Crippen LogP contribution in [-0.2, 0) is 27.2 Å². The standard InChI is InChI=1S/C34H39N3O4/c1-37(30(32(40)35-28-16-17-28)23-24-9-3-2-4-10-24)33(41)29(36-34(19-8-20-34)18-7-13-31(38)39)22-25-14-15-26-11-5-6-12-27(26)21-25/h2-7,9-15,21,28-30,36H,8,16-20,22-23H2,1H3,(H,35,40)(H,38,39)/b13-7+/t29-,30-/m1/s1. The zero-order valence-electron chi connectivity index (χ0n) is 23.6. The lowest BCUT2D eigenvalue weighted by atomic mass is 9.73. The maximum atomic E-state index is 14.3. The number of hydrogen-bond donors (Lipinski definition) is 3. The van der Waals surface area contributed by atoms with E-state index < -0.39 is 18.1 Å². The van der Waals surface area contributed by atoms with Gasteiger partial charge in [-0.15, -0.1) is 0 Å². The van der Waals surface area contributed by atoms with E-state index >= 15 is 0 Å². The van der Waals surface area contributed by atoms with E-state index in [2.05, 4.69) is 41.0 Å². The normalized spacial score (nSPS) is 17.5. The van der Waals surface area contributed by atoms with Crippen LogP contribution in [0.3, 0.4) is 0 Å². The van der Waals surface area contributed by atoms with Crippen molar-refractivity contribution in [1.82, 2.24) is 15.5 Å². The molecule has 0 spiro atoms. The van der Waals surface area contributed by atoms with Crippen molar-refractivity contribution in [2.45, 2.75) is 75.0 Å². The van der Waals surface area contributed by atoms with Gasteiger partial charge in [-0.05, 0) is 66.8 Å². The van der Waals surface area contributed by atoms with E-state index in [1.165, 1.54) is 6.08 Å². The molecule has 0 bridgehead atoms. The Kier molecular flexibility index (Phi) is 8.84. The highest BCUT2D eigenvalue weighted by Gasteiger charge is 2.41. The highest BCUT2D eigenvalue weighted by Crippen LogP contribution is 2.36. The number of carboxylic acid groups (broad SMARTS) is 1. The van der Waals surface area contributed by atoms with Crippen LogP contribution in [0.15, 0.2) is 84.9 Å². The second kappa shape index (κ2) is 12.7. The summed E-state index contributed by atoms with van der Waals surface area (Å²) in [6, 6.07) is 23.2. The molecule has 3 aromatic rings. The molecule has 7 heteroatoms. The zero-order valence-corrected chi connectivity index (χ0v) is 23.6. The summed E-state index contributed by atoms with van der Waals surface area (Å²) in [5, 5.41) is 18.1. The lowest BCUT2D eigenvalue weighted by Crippen LogP contribution is -2.61. The SMILES string of the molecule is CN(C(=O)[C@@H](Cc1ccc2ccccc2c1)NC1(C/C=C/C(=O)O)CCC1)[C@H](Cc1ccccc1)C(=O)NC1CC1. The first-order valence-corrected chi connectivity index (χ1v) is 14.6. The predicted octanol–water partition coefficient (Wildman–Crippen LogP) is 4.64. The van der Waals surface area contributed by atoms with Crippen molar-refractivity contribution in [2.75, 3.05) is 7.05 Å². The Morgan fingerprint density at radius 3 is 2.32 bits per heavy atom. The molecule has 0 aromatic heterocycles. The number of carbonyl (C=O) groups excluding carboxylic acids is 2. The fraction of sp³-hybridized carbons (Fsp3) is 0.382. The van der Waals surface area contributed by atoms with Gasteiger partial charge in [0, 0.05) is 31.1 Å². The summed E-state index contributed by atoms with van der Waals surface area (Å²) in [5.74, 6) is -1.24. The fourth-order valence-electron chi connectivity index (χ4n) is 5.73. The van der Waals surface area contributed by atoms with Crippen molar-refractivity contribution in [3.8, 4) is 0 Å². The minimum absolute atomic E-state index is 0.126. The van der Waals surface area contributed by atoms with Crippen molar-refractivity contribution in [3.63, 3.8) is 0 Å². The Hall–Kier alpha value is -3.97. The molecular weight excluding hydrogens is 514 g/mol. The number of likely N-dealkylation sites (N-methyl/N-ethyl adjacent to an activating group) is 1. The van der Waals surface area contributed by atoms with Crippen LogP contribution in [-0.4, -0.2) is 58.5 Å². The van der Waals surface area contributed by atoms with E-state index in [1.807, 2.05) is 42.5 Å². The second-order valence-electron chi connectivity index (χ2n) is 11.6. The van der Waals surface area contributed by atoms with Crippen molar-refractivity contribution >= 4 is 28.6 Å². The van der Waals surface area contributed by atoms with Gasteiger partial charge in [0.2, 0.25) is 11.8 Å². The first-order chi connectivity index (χ1) is 19.8. The number of rotatable bonds is 13. The number of benzene rings is 3. The largest absolute Gasteiger partial charge is 0.478 e. The van der Waals surface area contributed by atoms with E-state index in [1.54, 1.807) is 18.0 Å². The van der Waals surface area contributed by atoms with Crippen LogP contribution < -0.4 is 10.6 Å². The maximum Gasteiger partial charge on any atom is 0.327 e. The minimum atomic E-state index is -0.978. The monoisotopic (exact) mass is 553 g/mol. The van der Waals surface area contributed by atoms with E-state index in [4.69, 9.17) is 5.11 Å². The van der Waals surface area contributed by atoms with Crippen LogP contribution in [0, 0.1) is 0 Å². The zero-order chi connectivity index (χ0) is 28.8. The van der Waals surface area contributed by atoms with Crippen LogP contribution in [0.2, 0.25) is 0 Å². The number of nitrogens with zero attached hydrogens (tertiary/aromatic N) is 1. The van der Waals surface area contributed by atoms with E-state index in [0.29, 0.717) is 19.3 Å². The second-order valence-corrected chi connectivity index (χ2v) is 11.6. The molecule has 41 heavy (non-hydrogen) atoms. The molecule has 3 N–H and O–H groups in total. The van der Waals surface area contributed by atoms with Crippen LogP contribution in [0.1, 0.15) is 49.7 Å². The molecule has 5 rings (SSSR count). The summed E-state index contributed by atoms with van der Waals surface area (Å²) in [6.45, 7) is 0. The number of hydrogen-bond acceptors (Lipinski definition) is 4. The van der Waals surface area contributed by atoms with Gasteiger partial charge in [0.15, 0.2) is 0 Å². The summed E-state index contributed by atoms with van der Waals surface area (Å²) in [6.07, 6.45) is 8.94. The number of amides is 2. The fourth-order valence-corrected chi connectivity index (χ4v) is 5.73. The molecule has 0 saturated heterocycles. The van der Waals surface area contributed by atoms with Crippen LogP contribution >= 0.6 is 0 Å². The van der Waals surface area contributed by atoms with Gasteiger partial charge in [-0.1, -0.05) is 78.9 Å². The molecule has 2 aliphatic carbocycles. The first kappa shape index (κ1) is 28.6. The van der Waals surface area contributed by atoms with Gasteiger partial charge in [-0.25, -0.2) is 4.79 Å². The average Bonchev–Trinajstić information content (AvgIpc) is 3.77. The number of aliphatic carboxylic acids is 1. The Morgan fingerprint density at radius 1 is 0.951 bits per heavy atom. The van der Waals surface area contributed by atoms with Gasteiger partial charge >= 0.3 is 5.97 Å². The van der Waals surface area contributed by atoms with E-state index in [-0.39, 0.29) is 23.4 Å². The van der Waals surface area contributed by atoms with Gasteiger partial charge in [-0.3, -0.25) is 14.9 Å². The summed E-state index contributed by atoms with van der Waals surface area (Å²) >= 11 is 0. The Morgan fingerprint density at radius 2 is 1.66 bits per heavy atom. The smallest absolute Gasteiger partial charge is 0.327 e. The van der Waals surface area contributed by atoms with Crippen molar-refractivity contribution in [3.05, 3.63) is 96.1 Å². The molecule has 2 atom stereocenters. The Labute approximate surface area is 241 Å². The van der Waals surface area contributed by atoms with Crippen molar-refractivity contribution < 1.29 is 19.5 Å². The molecule has 0 unspecified atom stereocenters. The van der Waals surface area contributed by atoms with Crippen molar-refractivity contribution in [2.24, 2.45) is 0 Å². The van der Waals surface area contributed by atoms with Gasteiger partial charge in [0.25, 0.3) is 0 Å². The Balaban J connectivity index is 1.42. The topological polar surface area (TPSA) is 98.7 Å². The molecular formula is C34H39N3O4. The molecule has 2 saturated carbocycles. The van der Waals surface area contributed by atoms with E-state index in [9.17, 15) is 14.4 Å². The lowest BCUT2D eigenvalue weighted by molar-refractivity contribution is -0.141. The minimum Gasteiger partial charge on any atom is -0.478 e. The molecule has 0 aliphatic heterocycles. The average molecular weight is 554 g/mol. The molecule has 2 aliphatic rings. The summed E-state index contributed by atoms with van der Waals surface area (Å²) < 4.78 is 0. The quantitative estimate of drug-likeness (QED) is 0.268. The van der Waals surface area contributed by atoms with Gasteiger partial charge in [0.05, 0.1) is 6.04 Å². The van der Waals surface area contributed by atoms with Crippen LogP contribution in [0.5, 0.6) is 0 Å². The van der Waals surface area contributed by atoms with Gasteiger partial charge < -0.3 is 15.3 Å². The lowest BCUT2D eigenvalue weighted by Gasteiger charge is -2.45. The third-order valence-corrected chi connectivity index (χ3v) is 8.43. The molecule has 214 valence electrons. The molecule has 0 heterocycles. The number of fused-ring (bicyclic) bond motifs is 1. The van der Waals surface area contributed by atoms with Crippen LogP contribution in [0.4, 0.5) is 0 Å². The van der Waals surface area contributed by atoms with Gasteiger partial charge in [-0.2, -0.15) is 0 Å². The molecule has 2 amide bonds. The van der Waals surface area contributed by atoms with Crippen molar-refractivity contribution in [1.29, 1.82) is 0 Å². The highest BCUT2D eigenvalue weighted by atomic mass is 16.4. The third kappa shape index (κ3) is 7.41. The maximum absolute atomic E-state index is 14.3. The van der Waals surface area contributed by atoms with E-state index in [0.717, 1.165) is 54.0 Å². The summed E-state index contributed by atoms with van der Waals surface area (Å²) in [7, 11) is 1.73. The Bertz CT molecular complexity index is 1410. The van der Waals surface area contributed by atoms with Crippen LogP contribution in [0.25, 0.3) is 10.8 Å². The third-order valence-electron chi connectivity index (χ3n) is 8.43. The highest BCUT2D eigenvalue weighted by molar-refractivity contribution is 5.90.